The fourth-order valence-electron chi connectivity index (χ4n) is 1.91. The highest BCUT2D eigenvalue weighted by Crippen LogP contribution is 2.17. The molecule has 2 N–H and O–H groups in total. The van der Waals surface area contributed by atoms with Gasteiger partial charge in [-0.1, -0.05) is 18.3 Å². The molecule has 0 saturated carbocycles. The molecule has 0 aromatic heterocycles. The van der Waals surface area contributed by atoms with Crippen molar-refractivity contribution in [3.8, 4) is 0 Å². The average molecular weight is 281 g/mol. The number of urea groups is 1. The number of imide groups is 1. The monoisotopic (exact) mass is 281 g/mol. The molecule has 100 valence electrons. The number of hydrogen-bond acceptors (Lipinski definition) is 3. The van der Waals surface area contributed by atoms with Gasteiger partial charge >= 0.3 is 6.03 Å². The maximum absolute atomic E-state index is 13.2. The Morgan fingerprint density at radius 2 is 2.16 bits per heavy atom. The molecule has 0 unspecified atom stereocenters. The van der Waals surface area contributed by atoms with Crippen LogP contribution in [0.1, 0.15) is 11.1 Å². The van der Waals surface area contributed by atoms with Crippen molar-refractivity contribution in [3.05, 3.63) is 35.1 Å². The highest BCUT2D eigenvalue weighted by atomic mass is 32.1. The first-order valence-corrected chi connectivity index (χ1v) is 5.94. The van der Waals surface area contributed by atoms with Gasteiger partial charge in [0.05, 0.1) is 6.54 Å². The molecule has 0 aliphatic carbocycles. The molecule has 0 atom stereocenters. The second kappa shape index (κ2) is 4.93. The van der Waals surface area contributed by atoms with E-state index in [9.17, 15) is 14.0 Å². The highest BCUT2D eigenvalue weighted by Gasteiger charge is 2.33. The van der Waals surface area contributed by atoms with E-state index in [1.165, 1.54) is 23.1 Å². The SMILES string of the molecule is CN1CC(=O)N(Cc2ccc(F)cc2C(N)=S)C1=O. The molecule has 0 bridgehead atoms. The molecule has 0 spiro atoms. The molecule has 1 aliphatic heterocycles. The first-order chi connectivity index (χ1) is 8.90. The molecule has 1 aromatic rings. The number of thiocarbonyl (C=S) groups is 1. The van der Waals surface area contributed by atoms with Gasteiger partial charge in [0.2, 0.25) is 0 Å². The van der Waals surface area contributed by atoms with E-state index in [2.05, 4.69) is 0 Å². The predicted molar refractivity (Wildman–Crippen MR) is 70.9 cm³/mol. The number of carbonyl (C=O) groups is 2. The van der Waals surface area contributed by atoms with Gasteiger partial charge in [-0.15, -0.1) is 0 Å². The Morgan fingerprint density at radius 3 is 2.68 bits per heavy atom. The Kier molecular flexibility index (Phi) is 3.48. The van der Waals surface area contributed by atoms with E-state index in [1.807, 2.05) is 0 Å². The summed E-state index contributed by atoms with van der Waals surface area (Å²) in [6.07, 6.45) is 0. The number of amides is 3. The van der Waals surface area contributed by atoms with E-state index in [0.29, 0.717) is 11.1 Å². The summed E-state index contributed by atoms with van der Waals surface area (Å²) in [6.45, 7) is 0.0807. The van der Waals surface area contributed by atoms with Crippen molar-refractivity contribution in [2.45, 2.75) is 6.54 Å². The quantitative estimate of drug-likeness (QED) is 0.659. The molecule has 5 nitrogen and oxygen atoms in total. The first-order valence-electron chi connectivity index (χ1n) is 5.54. The molecule has 1 aliphatic rings. The smallest absolute Gasteiger partial charge is 0.327 e. The zero-order valence-corrected chi connectivity index (χ0v) is 11.0. The third-order valence-corrected chi connectivity index (χ3v) is 3.12. The summed E-state index contributed by atoms with van der Waals surface area (Å²) in [4.78, 5) is 25.9. The Labute approximate surface area is 114 Å². The molecule has 1 heterocycles. The summed E-state index contributed by atoms with van der Waals surface area (Å²) in [5.74, 6) is -0.770. The summed E-state index contributed by atoms with van der Waals surface area (Å²) in [5.41, 5.74) is 6.41. The molecule has 0 radical (unpaired) electrons. The predicted octanol–water partition coefficient (Wildman–Crippen LogP) is 0.854. The van der Waals surface area contributed by atoms with Gasteiger partial charge in [-0.05, 0) is 17.7 Å². The Bertz CT molecular complexity index is 576. The molecule has 19 heavy (non-hydrogen) atoms. The normalized spacial score (nSPS) is 15.3. The molecule has 1 aromatic carbocycles. The minimum atomic E-state index is -0.470. The van der Waals surface area contributed by atoms with E-state index in [1.54, 1.807) is 7.05 Å². The van der Waals surface area contributed by atoms with Crippen LogP contribution in [0, 0.1) is 5.82 Å². The van der Waals surface area contributed by atoms with Crippen LogP contribution < -0.4 is 5.73 Å². The lowest BCUT2D eigenvalue weighted by Gasteiger charge is -2.16. The van der Waals surface area contributed by atoms with Crippen LogP contribution in [-0.2, 0) is 11.3 Å². The number of benzene rings is 1. The van der Waals surface area contributed by atoms with Gasteiger partial charge in [-0.3, -0.25) is 9.69 Å². The van der Waals surface area contributed by atoms with Crippen LogP contribution in [0.5, 0.6) is 0 Å². The van der Waals surface area contributed by atoms with E-state index >= 15 is 0 Å². The van der Waals surface area contributed by atoms with Crippen molar-refractivity contribution >= 4 is 29.1 Å². The van der Waals surface area contributed by atoms with Crippen molar-refractivity contribution in [3.63, 3.8) is 0 Å². The van der Waals surface area contributed by atoms with E-state index in [4.69, 9.17) is 18.0 Å². The third kappa shape index (κ3) is 2.55. The van der Waals surface area contributed by atoms with Gasteiger partial charge in [0.1, 0.15) is 17.4 Å². The fourth-order valence-corrected chi connectivity index (χ4v) is 2.10. The van der Waals surface area contributed by atoms with Crippen LogP contribution >= 0.6 is 12.2 Å². The van der Waals surface area contributed by atoms with Crippen LogP contribution in [0.4, 0.5) is 9.18 Å². The lowest BCUT2D eigenvalue weighted by atomic mass is 10.1. The van der Waals surface area contributed by atoms with Gasteiger partial charge in [0, 0.05) is 12.6 Å². The summed E-state index contributed by atoms with van der Waals surface area (Å²) >= 11 is 4.84. The summed E-state index contributed by atoms with van der Waals surface area (Å²) in [7, 11) is 1.54. The van der Waals surface area contributed by atoms with E-state index in [-0.39, 0.29) is 30.0 Å². The minimum absolute atomic E-state index is 0.0296. The van der Waals surface area contributed by atoms with Crippen molar-refractivity contribution in [1.82, 2.24) is 9.80 Å². The van der Waals surface area contributed by atoms with Gasteiger partial charge in [-0.25, -0.2) is 9.18 Å². The Morgan fingerprint density at radius 1 is 1.47 bits per heavy atom. The summed E-state index contributed by atoms with van der Waals surface area (Å²) < 4.78 is 13.2. The zero-order chi connectivity index (χ0) is 14.2. The second-order valence-electron chi connectivity index (χ2n) is 4.28. The van der Waals surface area contributed by atoms with Crippen molar-refractivity contribution < 1.29 is 14.0 Å². The van der Waals surface area contributed by atoms with Crippen LogP contribution in [0.15, 0.2) is 18.2 Å². The number of rotatable bonds is 3. The second-order valence-corrected chi connectivity index (χ2v) is 4.72. The lowest BCUT2D eigenvalue weighted by Crippen LogP contribution is -2.32. The number of likely N-dealkylation sites (N-methyl/N-ethyl adjacent to an activating group) is 1. The van der Waals surface area contributed by atoms with Crippen molar-refractivity contribution in [2.24, 2.45) is 5.73 Å². The average Bonchev–Trinajstić information content (AvgIpc) is 2.57. The Balaban J connectivity index is 2.31. The molecule has 2 rings (SSSR count). The minimum Gasteiger partial charge on any atom is -0.389 e. The third-order valence-electron chi connectivity index (χ3n) is 2.90. The standard InChI is InChI=1S/C12H12FN3O2S/c1-15-6-10(17)16(12(15)18)5-7-2-3-8(13)4-9(7)11(14)19/h2-4H,5-6H2,1H3,(H2,14,19). The maximum atomic E-state index is 13.2. The highest BCUT2D eigenvalue weighted by molar-refractivity contribution is 7.80. The summed E-state index contributed by atoms with van der Waals surface area (Å²) in [5, 5.41) is 0. The molecular weight excluding hydrogens is 269 g/mol. The molecule has 1 saturated heterocycles. The van der Waals surface area contributed by atoms with Crippen LogP contribution in [0.2, 0.25) is 0 Å². The Hall–Kier alpha value is -2.02. The number of carbonyl (C=O) groups excluding carboxylic acids is 2. The number of nitrogens with two attached hydrogens (primary N) is 1. The summed E-state index contributed by atoms with van der Waals surface area (Å²) in [6, 6.07) is 3.53. The molecule has 1 fully saturated rings. The first kappa shape index (κ1) is 13.4. The van der Waals surface area contributed by atoms with Crippen LogP contribution in [-0.4, -0.2) is 40.3 Å². The van der Waals surface area contributed by atoms with Gasteiger partial charge in [-0.2, -0.15) is 0 Å². The molecule has 7 heteroatoms. The lowest BCUT2D eigenvalue weighted by molar-refractivity contribution is -0.125. The molecule has 3 amide bonds. The van der Waals surface area contributed by atoms with Crippen molar-refractivity contribution in [1.29, 1.82) is 0 Å². The largest absolute Gasteiger partial charge is 0.389 e. The van der Waals surface area contributed by atoms with Crippen molar-refractivity contribution in [2.75, 3.05) is 13.6 Å². The van der Waals surface area contributed by atoms with E-state index in [0.717, 1.165) is 4.90 Å². The number of nitrogens with zero attached hydrogens (tertiary/aromatic N) is 2. The fraction of sp³-hybridized carbons (Fsp3) is 0.250. The van der Waals surface area contributed by atoms with Gasteiger partial charge in [0.25, 0.3) is 5.91 Å². The van der Waals surface area contributed by atoms with E-state index < -0.39 is 5.82 Å². The van der Waals surface area contributed by atoms with Gasteiger partial charge in [0.15, 0.2) is 0 Å². The molecular formula is C12H12FN3O2S. The van der Waals surface area contributed by atoms with Crippen LogP contribution in [0.25, 0.3) is 0 Å². The zero-order valence-electron chi connectivity index (χ0n) is 10.2. The van der Waals surface area contributed by atoms with Gasteiger partial charge < -0.3 is 10.6 Å². The topological polar surface area (TPSA) is 66.6 Å². The van der Waals surface area contributed by atoms with Crippen LogP contribution in [0.3, 0.4) is 0 Å². The number of halogens is 1. The number of hydrogen-bond donors (Lipinski definition) is 1. The maximum Gasteiger partial charge on any atom is 0.327 e.